The number of thioether (sulfide) groups is 1. The third-order valence-electron chi connectivity index (χ3n) is 2.33. The molecule has 0 saturated heterocycles. The standard InChI is InChI=1S/C10H21NO2S/c1-5-6-14-8(2)7-10(3,11-4)9(12)13/h8,11H,5-7H2,1-4H3,(H,12,13). The summed E-state index contributed by atoms with van der Waals surface area (Å²) in [4.78, 5) is 11.0. The topological polar surface area (TPSA) is 49.3 Å². The minimum absolute atomic E-state index is 0.378. The lowest BCUT2D eigenvalue weighted by Gasteiger charge is -2.27. The van der Waals surface area contributed by atoms with Crippen LogP contribution in [-0.2, 0) is 4.79 Å². The SMILES string of the molecule is CCCSC(C)CC(C)(NC)C(=O)O. The van der Waals surface area contributed by atoms with E-state index in [1.807, 2.05) is 11.8 Å². The van der Waals surface area contributed by atoms with Crippen LogP contribution in [0.25, 0.3) is 0 Å². The molecule has 84 valence electrons. The summed E-state index contributed by atoms with van der Waals surface area (Å²) in [5, 5.41) is 12.3. The minimum atomic E-state index is -0.792. The van der Waals surface area contributed by atoms with Gasteiger partial charge in [0.05, 0.1) is 0 Å². The Balaban J connectivity index is 4.10. The molecule has 2 unspecified atom stereocenters. The van der Waals surface area contributed by atoms with Crippen LogP contribution in [0.2, 0.25) is 0 Å². The maximum absolute atomic E-state index is 11.0. The summed E-state index contributed by atoms with van der Waals surface area (Å²) in [6, 6.07) is 0. The first kappa shape index (κ1) is 13.8. The summed E-state index contributed by atoms with van der Waals surface area (Å²) in [6.45, 7) is 5.95. The molecular weight excluding hydrogens is 198 g/mol. The molecular formula is C10H21NO2S. The van der Waals surface area contributed by atoms with Gasteiger partial charge in [-0.1, -0.05) is 13.8 Å². The highest BCUT2D eigenvalue weighted by Crippen LogP contribution is 2.22. The molecule has 0 amide bonds. The van der Waals surface area contributed by atoms with Gasteiger partial charge in [-0.05, 0) is 32.6 Å². The maximum atomic E-state index is 11.0. The zero-order valence-electron chi connectivity index (χ0n) is 9.46. The number of hydrogen-bond donors (Lipinski definition) is 2. The molecule has 0 heterocycles. The molecule has 4 heteroatoms. The highest BCUT2D eigenvalue weighted by Gasteiger charge is 2.32. The molecule has 3 nitrogen and oxygen atoms in total. The third-order valence-corrected chi connectivity index (χ3v) is 3.71. The van der Waals surface area contributed by atoms with Gasteiger partial charge in [-0.15, -0.1) is 0 Å². The highest BCUT2D eigenvalue weighted by atomic mass is 32.2. The molecule has 2 atom stereocenters. The van der Waals surface area contributed by atoms with Gasteiger partial charge in [0.2, 0.25) is 0 Å². The summed E-state index contributed by atoms with van der Waals surface area (Å²) in [7, 11) is 1.70. The summed E-state index contributed by atoms with van der Waals surface area (Å²) in [6.07, 6.45) is 1.79. The van der Waals surface area contributed by atoms with E-state index in [9.17, 15) is 4.79 Å². The fourth-order valence-electron chi connectivity index (χ4n) is 1.25. The largest absolute Gasteiger partial charge is 0.480 e. The van der Waals surface area contributed by atoms with E-state index < -0.39 is 11.5 Å². The zero-order valence-corrected chi connectivity index (χ0v) is 10.3. The quantitative estimate of drug-likeness (QED) is 0.687. The Morgan fingerprint density at radius 2 is 2.21 bits per heavy atom. The zero-order chi connectivity index (χ0) is 11.2. The number of rotatable bonds is 7. The van der Waals surface area contributed by atoms with E-state index in [0.29, 0.717) is 11.7 Å². The smallest absolute Gasteiger partial charge is 0.323 e. The van der Waals surface area contributed by atoms with Crippen LogP contribution in [0.3, 0.4) is 0 Å². The first-order chi connectivity index (χ1) is 6.46. The summed E-state index contributed by atoms with van der Waals surface area (Å²) < 4.78 is 0. The lowest BCUT2D eigenvalue weighted by atomic mass is 9.96. The van der Waals surface area contributed by atoms with E-state index in [2.05, 4.69) is 19.2 Å². The number of likely N-dealkylation sites (N-methyl/N-ethyl adjacent to an activating group) is 1. The Hall–Kier alpha value is -0.220. The van der Waals surface area contributed by atoms with Gasteiger partial charge in [0.25, 0.3) is 0 Å². The van der Waals surface area contributed by atoms with Gasteiger partial charge >= 0.3 is 5.97 Å². The van der Waals surface area contributed by atoms with Gasteiger partial charge in [-0.2, -0.15) is 11.8 Å². The normalized spacial score (nSPS) is 17.4. The van der Waals surface area contributed by atoms with Crippen LogP contribution in [0, 0.1) is 0 Å². The Kier molecular flexibility index (Phi) is 6.20. The van der Waals surface area contributed by atoms with Crippen molar-refractivity contribution in [3.8, 4) is 0 Å². The molecule has 0 aromatic carbocycles. The molecule has 14 heavy (non-hydrogen) atoms. The molecule has 0 spiro atoms. The van der Waals surface area contributed by atoms with Gasteiger partial charge in [0.1, 0.15) is 5.54 Å². The molecule has 2 N–H and O–H groups in total. The van der Waals surface area contributed by atoms with Crippen molar-refractivity contribution in [2.45, 2.75) is 44.4 Å². The van der Waals surface area contributed by atoms with Crippen molar-refractivity contribution in [1.82, 2.24) is 5.32 Å². The van der Waals surface area contributed by atoms with E-state index >= 15 is 0 Å². The molecule has 0 aliphatic carbocycles. The maximum Gasteiger partial charge on any atom is 0.323 e. The van der Waals surface area contributed by atoms with E-state index in [-0.39, 0.29) is 0 Å². The van der Waals surface area contributed by atoms with Gasteiger partial charge < -0.3 is 10.4 Å². The number of carboxylic acids is 1. The number of carboxylic acid groups (broad SMARTS) is 1. The van der Waals surface area contributed by atoms with Crippen LogP contribution in [0.4, 0.5) is 0 Å². The second kappa shape index (κ2) is 6.30. The number of hydrogen-bond acceptors (Lipinski definition) is 3. The lowest BCUT2D eigenvalue weighted by molar-refractivity contribution is -0.144. The van der Waals surface area contributed by atoms with Crippen LogP contribution in [-0.4, -0.2) is 34.7 Å². The highest BCUT2D eigenvalue weighted by molar-refractivity contribution is 7.99. The van der Waals surface area contributed by atoms with Crippen molar-refractivity contribution in [1.29, 1.82) is 0 Å². The second-order valence-electron chi connectivity index (χ2n) is 3.77. The Morgan fingerprint density at radius 3 is 2.57 bits per heavy atom. The lowest BCUT2D eigenvalue weighted by Crippen LogP contribution is -2.49. The van der Waals surface area contributed by atoms with E-state index in [4.69, 9.17) is 5.11 Å². The van der Waals surface area contributed by atoms with Crippen molar-refractivity contribution in [2.24, 2.45) is 0 Å². The fourth-order valence-corrected chi connectivity index (χ4v) is 2.34. The molecule has 0 bridgehead atoms. The predicted molar refractivity (Wildman–Crippen MR) is 61.9 cm³/mol. The molecule has 0 aliphatic heterocycles. The third kappa shape index (κ3) is 4.33. The molecule has 0 aromatic rings. The van der Waals surface area contributed by atoms with Crippen LogP contribution >= 0.6 is 11.8 Å². The molecule has 0 saturated carbocycles. The molecule has 0 rings (SSSR count). The van der Waals surface area contributed by atoms with Crippen LogP contribution < -0.4 is 5.32 Å². The van der Waals surface area contributed by atoms with E-state index in [1.54, 1.807) is 14.0 Å². The van der Waals surface area contributed by atoms with Crippen molar-refractivity contribution in [3.63, 3.8) is 0 Å². The van der Waals surface area contributed by atoms with Crippen LogP contribution in [0.5, 0.6) is 0 Å². The second-order valence-corrected chi connectivity index (χ2v) is 5.32. The van der Waals surface area contributed by atoms with Gasteiger partial charge in [-0.25, -0.2) is 0 Å². The molecule has 0 aromatic heterocycles. The predicted octanol–water partition coefficient (Wildman–Crippen LogP) is 1.97. The number of carbonyl (C=O) groups is 1. The van der Waals surface area contributed by atoms with Gasteiger partial charge in [0.15, 0.2) is 0 Å². The first-order valence-electron chi connectivity index (χ1n) is 5.00. The number of aliphatic carboxylic acids is 1. The van der Waals surface area contributed by atoms with Crippen LogP contribution in [0.15, 0.2) is 0 Å². The van der Waals surface area contributed by atoms with Crippen molar-refractivity contribution in [3.05, 3.63) is 0 Å². The summed E-state index contributed by atoms with van der Waals surface area (Å²) in [5.41, 5.74) is -0.792. The van der Waals surface area contributed by atoms with Crippen LogP contribution in [0.1, 0.15) is 33.6 Å². The Bertz CT molecular complexity index is 187. The van der Waals surface area contributed by atoms with Gasteiger partial charge in [0, 0.05) is 5.25 Å². The van der Waals surface area contributed by atoms with E-state index in [1.165, 1.54) is 0 Å². The monoisotopic (exact) mass is 219 g/mol. The minimum Gasteiger partial charge on any atom is -0.480 e. The Morgan fingerprint density at radius 1 is 1.64 bits per heavy atom. The molecule has 0 radical (unpaired) electrons. The van der Waals surface area contributed by atoms with Crippen molar-refractivity contribution in [2.75, 3.05) is 12.8 Å². The average Bonchev–Trinajstić information content (AvgIpc) is 2.14. The summed E-state index contributed by atoms with van der Waals surface area (Å²) in [5.74, 6) is 0.324. The van der Waals surface area contributed by atoms with Crippen molar-refractivity contribution >= 4 is 17.7 Å². The number of nitrogens with one attached hydrogen (secondary N) is 1. The first-order valence-corrected chi connectivity index (χ1v) is 6.05. The fraction of sp³-hybridized carbons (Fsp3) is 0.900. The van der Waals surface area contributed by atoms with Crippen molar-refractivity contribution < 1.29 is 9.90 Å². The van der Waals surface area contributed by atoms with E-state index in [0.717, 1.165) is 12.2 Å². The average molecular weight is 219 g/mol. The Labute approximate surface area is 90.7 Å². The molecule has 0 fully saturated rings. The van der Waals surface area contributed by atoms with Gasteiger partial charge in [-0.3, -0.25) is 4.79 Å². The summed E-state index contributed by atoms with van der Waals surface area (Å²) >= 11 is 1.83. The molecule has 0 aliphatic rings.